The summed E-state index contributed by atoms with van der Waals surface area (Å²) in [6.07, 6.45) is 4.75. The smallest absolute Gasteiger partial charge is 0.325 e. The van der Waals surface area contributed by atoms with Crippen LogP contribution in [-0.2, 0) is 14.4 Å². The molecule has 1 saturated carbocycles. The maximum absolute atomic E-state index is 13.1. The number of benzene rings is 1. The number of rotatable bonds is 5. The molecule has 0 aromatic heterocycles. The molecule has 1 spiro atoms. The summed E-state index contributed by atoms with van der Waals surface area (Å²) in [7, 11) is 0. The van der Waals surface area contributed by atoms with Gasteiger partial charge in [-0.2, -0.15) is 0 Å². The summed E-state index contributed by atoms with van der Waals surface area (Å²) in [4.78, 5) is 53.1. The lowest BCUT2D eigenvalue weighted by Crippen LogP contribution is -2.54. The summed E-state index contributed by atoms with van der Waals surface area (Å²) in [5, 5.41) is 5.74. The number of carbonyl (C=O) groups is 4. The maximum Gasteiger partial charge on any atom is 0.325 e. The number of piperidine rings is 1. The molecule has 32 heavy (non-hydrogen) atoms. The van der Waals surface area contributed by atoms with Gasteiger partial charge in [-0.25, -0.2) is 4.79 Å². The van der Waals surface area contributed by atoms with E-state index in [1.165, 1.54) is 0 Å². The number of imide groups is 1. The Morgan fingerprint density at radius 2 is 1.88 bits per heavy atom. The van der Waals surface area contributed by atoms with Crippen molar-refractivity contribution in [2.45, 2.75) is 51.0 Å². The van der Waals surface area contributed by atoms with Gasteiger partial charge >= 0.3 is 6.03 Å². The van der Waals surface area contributed by atoms with Gasteiger partial charge in [-0.3, -0.25) is 19.3 Å². The average Bonchev–Trinajstić information content (AvgIpc) is 3.01. The minimum Gasteiger partial charge on any atom is -0.370 e. The lowest BCUT2D eigenvalue weighted by molar-refractivity contribution is -0.136. The van der Waals surface area contributed by atoms with Crippen LogP contribution in [0.4, 0.5) is 16.2 Å². The molecule has 2 unspecified atom stereocenters. The van der Waals surface area contributed by atoms with E-state index in [0.717, 1.165) is 29.8 Å². The van der Waals surface area contributed by atoms with Crippen molar-refractivity contribution >= 4 is 35.1 Å². The van der Waals surface area contributed by atoms with Gasteiger partial charge < -0.3 is 21.3 Å². The van der Waals surface area contributed by atoms with Crippen LogP contribution in [0.15, 0.2) is 24.3 Å². The first-order valence-electron chi connectivity index (χ1n) is 11.4. The number of amides is 5. The highest BCUT2D eigenvalue weighted by Gasteiger charge is 2.55. The van der Waals surface area contributed by atoms with Crippen LogP contribution < -0.4 is 21.3 Å². The van der Waals surface area contributed by atoms with Crippen molar-refractivity contribution < 1.29 is 19.2 Å². The zero-order valence-electron chi connectivity index (χ0n) is 18.4. The number of carbonyl (C=O) groups excluding carboxylic acids is 4. The Bertz CT molecular complexity index is 927. The Hall–Kier alpha value is -3.10. The summed E-state index contributed by atoms with van der Waals surface area (Å²) >= 11 is 0. The molecule has 2 heterocycles. The van der Waals surface area contributed by atoms with E-state index in [-0.39, 0.29) is 30.2 Å². The second kappa shape index (κ2) is 8.80. The zero-order chi connectivity index (χ0) is 22.9. The van der Waals surface area contributed by atoms with Crippen LogP contribution in [0, 0.1) is 11.8 Å². The molecule has 1 aromatic rings. The van der Waals surface area contributed by atoms with Gasteiger partial charge in [0.1, 0.15) is 12.1 Å². The Labute approximate surface area is 187 Å². The van der Waals surface area contributed by atoms with E-state index in [1.807, 2.05) is 25.1 Å². The van der Waals surface area contributed by atoms with Crippen molar-refractivity contribution in [3.8, 4) is 0 Å². The molecule has 2 aliphatic heterocycles. The minimum atomic E-state index is -0.877. The van der Waals surface area contributed by atoms with Gasteiger partial charge in [0.2, 0.25) is 11.8 Å². The number of primary amides is 1. The van der Waals surface area contributed by atoms with Crippen molar-refractivity contribution in [1.82, 2.24) is 10.2 Å². The second-order valence-corrected chi connectivity index (χ2v) is 9.17. The molecule has 0 bridgehead atoms. The first-order chi connectivity index (χ1) is 15.3. The maximum atomic E-state index is 13.1. The molecule has 9 heteroatoms. The number of anilines is 2. The highest BCUT2D eigenvalue weighted by atomic mass is 16.2. The standard InChI is InChI=1S/C23H31N5O4/c1-15-6-4-5-11-23(15)21(31)28(22(32)26-23)14-19(29)25-17-7-2-3-8-18(17)27-12-9-16(10-13-27)20(24)30/h2-3,7-8,15-16H,4-6,9-14H2,1H3,(H2,24,30)(H,25,29)(H,26,32). The molecule has 2 atom stereocenters. The molecule has 4 N–H and O–H groups in total. The first kappa shape index (κ1) is 22.1. The molecule has 5 amide bonds. The Balaban J connectivity index is 1.43. The highest BCUT2D eigenvalue weighted by Crippen LogP contribution is 2.38. The van der Waals surface area contributed by atoms with E-state index in [9.17, 15) is 19.2 Å². The van der Waals surface area contributed by atoms with Crippen LogP contribution in [-0.4, -0.2) is 53.8 Å². The summed E-state index contributed by atoms with van der Waals surface area (Å²) in [6.45, 7) is 2.98. The second-order valence-electron chi connectivity index (χ2n) is 9.17. The van der Waals surface area contributed by atoms with Crippen LogP contribution in [0.1, 0.15) is 45.4 Å². The van der Waals surface area contributed by atoms with Gasteiger partial charge in [0.05, 0.1) is 11.4 Å². The molecule has 9 nitrogen and oxygen atoms in total. The largest absolute Gasteiger partial charge is 0.370 e. The topological polar surface area (TPSA) is 125 Å². The number of nitrogens with two attached hydrogens (primary N) is 1. The van der Waals surface area contributed by atoms with Crippen molar-refractivity contribution in [2.24, 2.45) is 17.6 Å². The van der Waals surface area contributed by atoms with E-state index in [4.69, 9.17) is 5.73 Å². The average molecular weight is 442 g/mol. The number of hydrogen-bond donors (Lipinski definition) is 3. The molecule has 3 fully saturated rings. The fraction of sp³-hybridized carbons (Fsp3) is 0.565. The fourth-order valence-corrected chi connectivity index (χ4v) is 5.23. The fourth-order valence-electron chi connectivity index (χ4n) is 5.23. The van der Waals surface area contributed by atoms with Crippen LogP contribution in [0.3, 0.4) is 0 Å². The molecule has 1 aliphatic carbocycles. The summed E-state index contributed by atoms with van der Waals surface area (Å²) in [6, 6.07) is 6.91. The third-order valence-corrected chi connectivity index (χ3v) is 7.22. The van der Waals surface area contributed by atoms with Crippen molar-refractivity contribution in [3.63, 3.8) is 0 Å². The number of urea groups is 1. The Morgan fingerprint density at radius 1 is 1.16 bits per heavy atom. The molecule has 172 valence electrons. The van der Waals surface area contributed by atoms with Crippen molar-refractivity contribution in [1.29, 1.82) is 0 Å². The van der Waals surface area contributed by atoms with Crippen LogP contribution >= 0.6 is 0 Å². The van der Waals surface area contributed by atoms with Crippen molar-refractivity contribution in [2.75, 3.05) is 29.9 Å². The molecule has 4 rings (SSSR count). The van der Waals surface area contributed by atoms with Crippen molar-refractivity contribution in [3.05, 3.63) is 24.3 Å². The van der Waals surface area contributed by atoms with Gasteiger partial charge in [-0.1, -0.05) is 31.9 Å². The van der Waals surface area contributed by atoms with Crippen LogP contribution in [0.5, 0.6) is 0 Å². The summed E-state index contributed by atoms with van der Waals surface area (Å²) in [5.74, 6) is -1.07. The molecule has 1 aromatic carbocycles. The highest BCUT2D eigenvalue weighted by molar-refractivity contribution is 6.10. The predicted octanol–water partition coefficient (Wildman–Crippen LogP) is 1.83. The number of nitrogens with one attached hydrogen (secondary N) is 2. The van der Waals surface area contributed by atoms with E-state index >= 15 is 0 Å². The first-order valence-corrected chi connectivity index (χ1v) is 11.4. The molecule has 3 aliphatic rings. The van der Waals surface area contributed by atoms with E-state index in [2.05, 4.69) is 15.5 Å². The SMILES string of the molecule is CC1CCCCC12NC(=O)N(CC(=O)Nc1ccccc1N1CCC(C(N)=O)CC1)C2=O. The van der Waals surface area contributed by atoms with Gasteiger partial charge in [0.15, 0.2) is 0 Å². The minimum absolute atomic E-state index is 0.0461. The monoisotopic (exact) mass is 441 g/mol. The summed E-state index contributed by atoms with van der Waals surface area (Å²) < 4.78 is 0. The third kappa shape index (κ3) is 4.03. The number of hydrogen-bond acceptors (Lipinski definition) is 5. The molecular formula is C23H31N5O4. The predicted molar refractivity (Wildman–Crippen MR) is 120 cm³/mol. The third-order valence-electron chi connectivity index (χ3n) is 7.22. The lowest BCUT2D eigenvalue weighted by atomic mass is 9.73. The molecule has 2 saturated heterocycles. The van der Waals surface area contributed by atoms with Gasteiger partial charge in [0, 0.05) is 19.0 Å². The summed E-state index contributed by atoms with van der Waals surface area (Å²) in [5.41, 5.74) is 6.01. The van der Waals surface area contributed by atoms with E-state index in [1.54, 1.807) is 6.07 Å². The van der Waals surface area contributed by atoms with Gasteiger partial charge in [-0.15, -0.1) is 0 Å². The quantitative estimate of drug-likeness (QED) is 0.601. The normalized spacial score (nSPS) is 26.3. The zero-order valence-corrected chi connectivity index (χ0v) is 18.4. The van der Waals surface area contributed by atoms with Crippen LogP contribution in [0.25, 0.3) is 0 Å². The Kier molecular flexibility index (Phi) is 6.08. The van der Waals surface area contributed by atoms with Gasteiger partial charge in [0.25, 0.3) is 5.91 Å². The number of nitrogens with zero attached hydrogens (tertiary/aromatic N) is 2. The van der Waals surface area contributed by atoms with E-state index in [0.29, 0.717) is 38.0 Å². The molecular weight excluding hydrogens is 410 g/mol. The van der Waals surface area contributed by atoms with Crippen LogP contribution in [0.2, 0.25) is 0 Å². The Morgan fingerprint density at radius 3 is 2.56 bits per heavy atom. The number of para-hydroxylation sites is 2. The van der Waals surface area contributed by atoms with Gasteiger partial charge in [-0.05, 0) is 43.7 Å². The lowest BCUT2D eigenvalue weighted by Gasteiger charge is -2.36. The van der Waals surface area contributed by atoms with E-state index < -0.39 is 17.5 Å². The molecule has 0 radical (unpaired) electrons.